The molecule has 0 saturated heterocycles. The summed E-state index contributed by atoms with van der Waals surface area (Å²) in [5.41, 5.74) is 2.02. The molecule has 1 aromatic heterocycles. The van der Waals surface area contributed by atoms with Gasteiger partial charge in [0, 0.05) is 26.3 Å². The molecule has 0 aliphatic rings. The zero-order chi connectivity index (χ0) is 20.6. The van der Waals surface area contributed by atoms with Crippen LogP contribution in [-0.4, -0.2) is 38.4 Å². The van der Waals surface area contributed by atoms with Crippen LogP contribution in [0.1, 0.15) is 25.8 Å². The number of carbonyl (C=O) groups excluding carboxylic acids is 1. The Bertz CT molecular complexity index is 804. The smallest absolute Gasteiger partial charge is 0.373 e. The number of carbonyl (C=O) groups is 1. The van der Waals surface area contributed by atoms with Crippen LogP contribution in [0, 0.1) is 0 Å². The summed E-state index contributed by atoms with van der Waals surface area (Å²) in [6, 6.07) is 9.30. The van der Waals surface area contributed by atoms with Gasteiger partial charge in [-0.2, -0.15) is 0 Å². The molecule has 0 unspecified atom stereocenters. The molecule has 0 N–H and O–H groups in total. The molecule has 5 nitrogen and oxygen atoms in total. The van der Waals surface area contributed by atoms with E-state index in [1.165, 1.54) is 0 Å². The number of esters is 1. The SMILES string of the molecule is CCCOC(=Cc1ccc2c(ccn2COCC[Si](C)(C)C)c1)C(=O)OCC. The molecule has 0 atom stereocenters. The van der Waals surface area contributed by atoms with E-state index in [9.17, 15) is 4.79 Å². The molecule has 0 aliphatic heterocycles. The second-order valence-electron chi connectivity index (χ2n) is 8.03. The van der Waals surface area contributed by atoms with Crippen LogP contribution in [0.3, 0.4) is 0 Å². The molecule has 154 valence electrons. The minimum Gasteiger partial charge on any atom is -0.487 e. The molecular weight excluding hydrogens is 370 g/mol. The number of rotatable bonds is 11. The van der Waals surface area contributed by atoms with Gasteiger partial charge in [0.05, 0.1) is 18.7 Å². The van der Waals surface area contributed by atoms with Gasteiger partial charge in [0.15, 0.2) is 0 Å². The molecule has 0 saturated carbocycles. The Morgan fingerprint density at radius 1 is 1.11 bits per heavy atom. The van der Waals surface area contributed by atoms with Gasteiger partial charge in [-0.05, 0) is 49.2 Å². The number of hydrogen-bond donors (Lipinski definition) is 0. The molecule has 0 bridgehead atoms. The van der Waals surface area contributed by atoms with Crippen molar-refractivity contribution in [3.63, 3.8) is 0 Å². The molecule has 0 spiro atoms. The average Bonchev–Trinajstić information content (AvgIpc) is 3.04. The van der Waals surface area contributed by atoms with Crippen LogP contribution in [0.15, 0.2) is 36.2 Å². The van der Waals surface area contributed by atoms with Crippen LogP contribution in [0.4, 0.5) is 0 Å². The van der Waals surface area contributed by atoms with Crippen molar-refractivity contribution < 1.29 is 19.0 Å². The van der Waals surface area contributed by atoms with Crippen molar-refractivity contribution in [1.82, 2.24) is 4.57 Å². The second kappa shape index (κ2) is 10.5. The highest BCUT2D eigenvalue weighted by molar-refractivity contribution is 6.76. The molecule has 2 aromatic rings. The molecule has 1 aromatic carbocycles. The van der Waals surface area contributed by atoms with E-state index in [2.05, 4.69) is 30.3 Å². The molecule has 0 aliphatic carbocycles. The van der Waals surface area contributed by atoms with Gasteiger partial charge in [0.2, 0.25) is 5.76 Å². The van der Waals surface area contributed by atoms with E-state index in [4.69, 9.17) is 14.2 Å². The lowest BCUT2D eigenvalue weighted by atomic mass is 10.1. The number of ether oxygens (including phenoxy) is 3. The van der Waals surface area contributed by atoms with Crippen molar-refractivity contribution in [3.8, 4) is 0 Å². The van der Waals surface area contributed by atoms with Gasteiger partial charge in [-0.1, -0.05) is 32.6 Å². The molecule has 0 fully saturated rings. The van der Waals surface area contributed by atoms with Crippen LogP contribution < -0.4 is 0 Å². The summed E-state index contributed by atoms with van der Waals surface area (Å²) in [4.78, 5) is 12.1. The average molecular weight is 404 g/mol. The van der Waals surface area contributed by atoms with Gasteiger partial charge in [-0.3, -0.25) is 0 Å². The Balaban J connectivity index is 2.12. The Morgan fingerprint density at radius 3 is 2.57 bits per heavy atom. The van der Waals surface area contributed by atoms with E-state index < -0.39 is 14.0 Å². The van der Waals surface area contributed by atoms with E-state index >= 15 is 0 Å². The van der Waals surface area contributed by atoms with E-state index in [1.807, 2.05) is 31.3 Å². The van der Waals surface area contributed by atoms with Crippen LogP contribution in [0.5, 0.6) is 0 Å². The van der Waals surface area contributed by atoms with Gasteiger partial charge in [-0.25, -0.2) is 4.79 Å². The summed E-state index contributed by atoms with van der Waals surface area (Å²) in [5.74, 6) is -0.179. The lowest BCUT2D eigenvalue weighted by Crippen LogP contribution is -2.21. The highest BCUT2D eigenvalue weighted by Gasteiger charge is 2.13. The standard InChI is InChI=1S/C22H33NO4Si/c1-6-12-27-21(22(24)26-7-2)16-18-8-9-20-19(15-18)10-11-23(20)17-25-13-14-28(3,4)5/h8-11,15-16H,6-7,12-14,17H2,1-5H3. The van der Waals surface area contributed by atoms with Crippen molar-refractivity contribution in [3.05, 3.63) is 41.8 Å². The fourth-order valence-electron chi connectivity index (χ4n) is 2.69. The van der Waals surface area contributed by atoms with Crippen LogP contribution in [0.2, 0.25) is 25.7 Å². The zero-order valence-electron chi connectivity index (χ0n) is 17.8. The molecule has 6 heteroatoms. The minimum absolute atomic E-state index is 0.247. The summed E-state index contributed by atoms with van der Waals surface area (Å²) in [6.45, 7) is 13.0. The fourth-order valence-corrected chi connectivity index (χ4v) is 3.44. The van der Waals surface area contributed by atoms with E-state index in [0.29, 0.717) is 19.9 Å². The zero-order valence-corrected chi connectivity index (χ0v) is 18.8. The number of benzene rings is 1. The highest BCUT2D eigenvalue weighted by Crippen LogP contribution is 2.20. The topological polar surface area (TPSA) is 49.7 Å². The largest absolute Gasteiger partial charge is 0.487 e. The Kier molecular flexibility index (Phi) is 8.32. The Morgan fingerprint density at radius 2 is 1.89 bits per heavy atom. The van der Waals surface area contributed by atoms with E-state index in [-0.39, 0.29) is 5.76 Å². The van der Waals surface area contributed by atoms with E-state index in [0.717, 1.165) is 35.5 Å². The van der Waals surface area contributed by atoms with Crippen LogP contribution in [-0.2, 0) is 25.7 Å². The quantitative estimate of drug-likeness (QED) is 0.168. The normalized spacial score (nSPS) is 12.4. The highest BCUT2D eigenvalue weighted by atomic mass is 28.3. The first-order valence-corrected chi connectivity index (χ1v) is 13.7. The van der Waals surface area contributed by atoms with Gasteiger partial charge in [-0.15, -0.1) is 0 Å². The predicted molar refractivity (Wildman–Crippen MR) is 117 cm³/mol. The first-order chi connectivity index (χ1) is 13.3. The van der Waals surface area contributed by atoms with Crippen molar-refractivity contribution in [2.24, 2.45) is 0 Å². The molecule has 1 heterocycles. The third kappa shape index (κ3) is 6.84. The van der Waals surface area contributed by atoms with E-state index in [1.54, 1.807) is 13.0 Å². The van der Waals surface area contributed by atoms with Crippen LogP contribution in [0.25, 0.3) is 17.0 Å². The summed E-state index contributed by atoms with van der Waals surface area (Å²) in [6.07, 6.45) is 4.61. The Labute approximate surface area is 169 Å². The third-order valence-corrected chi connectivity index (χ3v) is 5.96. The first kappa shape index (κ1) is 22.2. The number of fused-ring (bicyclic) bond motifs is 1. The summed E-state index contributed by atoms with van der Waals surface area (Å²) in [5, 5.41) is 1.10. The summed E-state index contributed by atoms with van der Waals surface area (Å²) < 4.78 is 18.6. The Hall–Kier alpha value is -2.05. The van der Waals surface area contributed by atoms with Gasteiger partial charge < -0.3 is 18.8 Å². The second-order valence-corrected chi connectivity index (χ2v) is 13.7. The summed E-state index contributed by atoms with van der Waals surface area (Å²) in [7, 11) is -1.07. The monoisotopic (exact) mass is 403 g/mol. The van der Waals surface area contributed by atoms with Gasteiger partial charge in [0.25, 0.3) is 0 Å². The van der Waals surface area contributed by atoms with Crippen molar-refractivity contribution in [1.29, 1.82) is 0 Å². The maximum Gasteiger partial charge on any atom is 0.373 e. The minimum atomic E-state index is -1.07. The molecular formula is C22H33NO4Si. The van der Waals surface area contributed by atoms with Gasteiger partial charge >= 0.3 is 5.97 Å². The van der Waals surface area contributed by atoms with Gasteiger partial charge in [0.1, 0.15) is 6.73 Å². The number of hydrogen-bond acceptors (Lipinski definition) is 4. The third-order valence-electron chi connectivity index (χ3n) is 4.26. The number of nitrogens with zero attached hydrogens (tertiary/aromatic N) is 1. The lowest BCUT2D eigenvalue weighted by Gasteiger charge is -2.15. The first-order valence-electron chi connectivity index (χ1n) is 10.0. The maximum atomic E-state index is 12.1. The predicted octanol–water partition coefficient (Wildman–Crippen LogP) is 5.28. The van der Waals surface area contributed by atoms with Crippen molar-refractivity contribution in [2.75, 3.05) is 19.8 Å². The maximum absolute atomic E-state index is 12.1. The van der Waals surface area contributed by atoms with Crippen molar-refractivity contribution >= 4 is 31.0 Å². The van der Waals surface area contributed by atoms with Crippen LogP contribution >= 0.6 is 0 Å². The lowest BCUT2D eigenvalue weighted by molar-refractivity contribution is -0.142. The molecule has 0 radical (unpaired) electrons. The summed E-state index contributed by atoms with van der Waals surface area (Å²) >= 11 is 0. The molecule has 0 amide bonds. The van der Waals surface area contributed by atoms with Crippen molar-refractivity contribution in [2.45, 2.75) is 52.7 Å². The molecule has 2 rings (SSSR count). The number of aromatic nitrogens is 1. The molecule has 28 heavy (non-hydrogen) atoms. The fraction of sp³-hybridized carbons (Fsp3) is 0.500.